The van der Waals surface area contributed by atoms with Crippen molar-refractivity contribution in [1.29, 1.82) is 0 Å². The second kappa shape index (κ2) is 7.32. The number of aryl methyl sites for hydroxylation is 1. The van der Waals surface area contributed by atoms with Crippen LogP contribution in [0, 0.1) is 0 Å². The standard InChI is InChI=1S/C10H20N4O2/c1-16-7-4-10-9(8-11)12-13-14(10)5-2-3-6-15/h15H,2-8,11H2,1H3. The van der Waals surface area contributed by atoms with Gasteiger partial charge in [0, 0.05) is 33.2 Å². The van der Waals surface area contributed by atoms with Crippen molar-refractivity contribution in [3.8, 4) is 0 Å². The molecule has 0 saturated heterocycles. The minimum Gasteiger partial charge on any atom is -0.396 e. The van der Waals surface area contributed by atoms with Crippen molar-refractivity contribution in [3.05, 3.63) is 11.4 Å². The van der Waals surface area contributed by atoms with E-state index in [1.807, 2.05) is 4.68 Å². The highest BCUT2D eigenvalue weighted by molar-refractivity contribution is 5.10. The highest BCUT2D eigenvalue weighted by atomic mass is 16.5. The predicted molar refractivity (Wildman–Crippen MR) is 59.8 cm³/mol. The number of aromatic nitrogens is 3. The number of ether oxygens (including phenoxy) is 1. The molecule has 0 spiro atoms. The van der Waals surface area contributed by atoms with Gasteiger partial charge in [0.25, 0.3) is 0 Å². The molecule has 1 aromatic rings. The van der Waals surface area contributed by atoms with Crippen LogP contribution < -0.4 is 5.73 Å². The van der Waals surface area contributed by atoms with Gasteiger partial charge in [0.15, 0.2) is 0 Å². The van der Waals surface area contributed by atoms with Gasteiger partial charge >= 0.3 is 0 Å². The Morgan fingerprint density at radius 1 is 1.44 bits per heavy atom. The summed E-state index contributed by atoms with van der Waals surface area (Å²) in [6.07, 6.45) is 2.44. The predicted octanol–water partition coefficient (Wildman–Crippen LogP) is -0.302. The smallest absolute Gasteiger partial charge is 0.0995 e. The highest BCUT2D eigenvalue weighted by Gasteiger charge is 2.10. The van der Waals surface area contributed by atoms with E-state index < -0.39 is 0 Å². The van der Waals surface area contributed by atoms with Gasteiger partial charge in [0.2, 0.25) is 0 Å². The Balaban J connectivity index is 2.62. The molecule has 0 amide bonds. The van der Waals surface area contributed by atoms with Gasteiger partial charge in [-0.1, -0.05) is 5.21 Å². The minimum atomic E-state index is 0.214. The van der Waals surface area contributed by atoms with Crippen LogP contribution in [0.4, 0.5) is 0 Å². The number of aliphatic hydroxyl groups is 1. The Morgan fingerprint density at radius 3 is 2.88 bits per heavy atom. The second-order valence-electron chi connectivity index (χ2n) is 3.58. The summed E-state index contributed by atoms with van der Waals surface area (Å²) < 4.78 is 6.90. The third-order valence-corrected chi connectivity index (χ3v) is 2.43. The van der Waals surface area contributed by atoms with Gasteiger partial charge in [-0.05, 0) is 12.8 Å². The van der Waals surface area contributed by atoms with Crippen molar-refractivity contribution < 1.29 is 9.84 Å². The van der Waals surface area contributed by atoms with Crippen LogP contribution in [-0.2, 0) is 24.2 Å². The number of hydrogen-bond acceptors (Lipinski definition) is 5. The Kier molecular flexibility index (Phi) is 5.99. The summed E-state index contributed by atoms with van der Waals surface area (Å²) in [7, 11) is 1.67. The normalized spacial score (nSPS) is 10.9. The molecule has 0 unspecified atom stereocenters. The lowest BCUT2D eigenvalue weighted by molar-refractivity contribution is 0.199. The fourth-order valence-corrected chi connectivity index (χ4v) is 1.55. The van der Waals surface area contributed by atoms with Crippen LogP contribution in [0.3, 0.4) is 0 Å². The third kappa shape index (κ3) is 3.55. The maximum Gasteiger partial charge on any atom is 0.0995 e. The van der Waals surface area contributed by atoms with Crippen molar-refractivity contribution in [3.63, 3.8) is 0 Å². The van der Waals surface area contributed by atoms with E-state index in [1.54, 1.807) is 7.11 Å². The van der Waals surface area contributed by atoms with Crippen LogP contribution in [0.5, 0.6) is 0 Å². The Morgan fingerprint density at radius 2 is 2.25 bits per heavy atom. The Hall–Kier alpha value is -0.980. The van der Waals surface area contributed by atoms with Gasteiger partial charge in [-0.3, -0.25) is 0 Å². The van der Waals surface area contributed by atoms with Crippen LogP contribution in [0.1, 0.15) is 24.2 Å². The maximum atomic E-state index is 8.72. The van der Waals surface area contributed by atoms with Gasteiger partial charge in [-0.2, -0.15) is 0 Å². The first kappa shape index (κ1) is 13.1. The van der Waals surface area contributed by atoms with Gasteiger partial charge in [0.1, 0.15) is 0 Å². The molecule has 0 aromatic carbocycles. The number of rotatable bonds is 8. The maximum absolute atomic E-state index is 8.72. The first-order valence-corrected chi connectivity index (χ1v) is 5.54. The Bertz CT molecular complexity index is 301. The SMILES string of the molecule is COCCc1c(CN)nnn1CCCCO. The van der Waals surface area contributed by atoms with Crippen LogP contribution >= 0.6 is 0 Å². The number of aliphatic hydroxyl groups excluding tert-OH is 1. The lowest BCUT2D eigenvalue weighted by Crippen LogP contribution is -2.10. The molecule has 0 aliphatic carbocycles. The lowest BCUT2D eigenvalue weighted by Gasteiger charge is -2.06. The first-order valence-electron chi connectivity index (χ1n) is 5.54. The fourth-order valence-electron chi connectivity index (χ4n) is 1.55. The summed E-state index contributed by atoms with van der Waals surface area (Å²) in [5, 5.41) is 16.8. The average molecular weight is 228 g/mol. The lowest BCUT2D eigenvalue weighted by atomic mass is 10.2. The van der Waals surface area contributed by atoms with Crippen LogP contribution in [0.25, 0.3) is 0 Å². The second-order valence-corrected chi connectivity index (χ2v) is 3.58. The number of methoxy groups -OCH3 is 1. The molecule has 3 N–H and O–H groups in total. The molecule has 0 radical (unpaired) electrons. The molecule has 6 heteroatoms. The monoisotopic (exact) mass is 228 g/mol. The largest absolute Gasteiger partial charge is 0.396 e. The van der Waals surface area contributed by atoms with Gasteiger partial charge in [-0.25, -0.2) is 4.68 Å². The number of nitrogens with two attached hydrogens (primary N) is 1. The molecule has 1 heterocycles. The van der Waals surface area contributed by atoms with Crippen molar-refractivity contribution in [2.24, 2.45) is 5.73 Å². The summed E-state index contributed by atoms with van der Waals surface area (Å²) in [6, 6.07) is 0. The van der Waals surface area contributed by atoms with Crippen molar-refractivity contribution in [2.45, 2.75) is 32.4 Å². The molecular weight excluding hydrogens is 208 g/mol. The number of hydrogen-bond donors (Lipinski definition) is 2. The summed E-state index contributed by atoms with van der Waals surface area (Å²) >= 11 is 0. The fraction of sp³-hybridized carbons (Fsp3) is 0.800. The van der Waals surface area contributed by atoms with Crippen molar-refractivity contribution in [1.82, 2.24) is 15.0 Å². The van der Waals surface area contributed by atoms with Gasteiger partial charge in [-0.15, -0.1) is 5.10 Å². The number of unbranched alkanes of at least 4 members (excludes halogenated alkanes) is 1. The van der Waals surface area contributed by atoms with E-state index in [0.29, 0.717) is 13.2 Å². The molecule has 0 atom stereocenters. The molecule has 16 heavy (non-hydrogen) atoms. The molecule has 0 saturated carbocycles. The third-order valence-electron chi connectivity index (χ3n) is 2.43. The van der Waals surface area contributed by atoms with E-state index in [1.165, 1.54) is 0 Å². The zero-order valence-corrected chi connectivity index (χ0v) is 9.72. The van der Waals surface area contributed by atoms with Crippen molar-refractivity contribution >= 4 is 0 Å². The number of nitrogens with zero attached hydrogens (tertiary/aromatic N) is 3. The van der Waals surface area contributed by atoms with E-state index in [9.17, 15) is 0 Å². The molecule has 0 aliphatic heterocycles. The Labute approximate surface area is 95.4 Å². The van der Waals surface area contributed by atoms with Crippen LogP contribution in [0.15, 0.2) is 0 Å². The van der Waals surface area contributed by atoms with E-state index in [4.69, 9.17) is 15.6 Å². The molecule has 6 nitrogen and oxygen atoms in total. The quantitative estimate of drug-likeness (QED) is 0.596. The summed E-state index contributed by atoms with van der Waals surface area (Å²) in [6.45, 7) is 2.03. The summed E-state index contributed by atoms with van der Waals surface area (Å²) in [5.41, 5.74) is 7.47. The molecular formula is C10H20N4O2. The molecule has 92 valence electrons. The highest BCUT2D eigenvalue weighted by Crippen LogP contribution is 2.07. The topological polar surface area (TPSA) is 86.2 Å². The molecule has 1 rings (SSSR count). The van der Waals surface area contributed by atoms with Gasteiger partial charge < -0.3 is 15.6 Å². The van der Waals surface area contributed by atoms with Crippen molar-refractivity contribution in [2.75, 3.05) is 20.3 Å². The first-order chi connectivity index (χ1) is 7.83. The molecule has 1 aromatic heterocycles. The molecule has 0 bridgehead atoms. The van der Waals surface area contributed by atoms with E-state index >= 15 is 0 Å². The summed E-state index contributed by atoms with van der Waals surface area (Å²) in [5.74, 6) is 0. The summed E-state index contributed by atoms with van der Waals surface area (Å²) in [4.78, 5) is 0. The molecule has 0 fully saturated rings. The average Bonchev–Trinajstić information content (AvgIpc) is 2.69. The van der Waals surface area contributed by atoms with E-state index in [2.05, 4.69) is 10.3 Å². The molecule has 0 aliphatic rings. The van der Waals surface area contributed by atoms with E-state index in [0.717, 1.165) is 37.2 Å². The van der Waals surface area contributed by atoms with Crippen LogP contribution in [-0.4, -0.2) is 40.4 Å². The van der Waals surface area contributed by atoms with E-state index in [-0.39, 0.29) is 6.61 Å². The van der Waals surface area contributed by atoms with Crippen LogP contribution in [0.2, 0.25) is 0 Å². The zero-order valence-electron chi connectivity index (χ0n) is 9.72. The minimum absolute atomic E-state index is 0.214. The zero-order chi connectivity index (χ0) is 11.8. The van der Waals surface area contributed by atoms with Gasteiger partial charge in [0.05, 0.1) is 18.0 Å².